The molecule has 0 heterocycles. The largest absolute Gasteiger partial charge is 0.183 e. The van der Waals surface area contributed by atoms with Crippen LogP contribution in [0.25, 0.3) is 0 Å². The van der Waals surface area contributed by atoms with Gasteiger partial charge in [-0.2, -0.15) is 12.6 Å². The van der Waals surface area contributed by atoms with Crippen LogP contribution in [0.2, 0.25) is 26.7 Å². The van der Waals surface area contributed by atoms with E-state index in [0.717, 1.165) is 6.22 Å². The maximum atomic E-state index is 6.95. The van der Waals surface area contributed by atoms with Crippen molar-refractivity contribution < 1.29 is 0 Å². The molecule has 0 N–H and O–H groups in total. The molecule has 12 heavy (non-hydrogen) atoms. The van der Waals surface area contributed by atoms with Crippen LogP contribution < -0.4 is 0 Å². The summed E-state index contributed by atoms with van der Waals surface area (Å²) in [6.45, 7) is 5.68. The van der Waals surface area contributed by atoms with E-state index in [9.17, 15) is 0 Å². The average molecular weight is 207 g/mol. The third-order valence-electron chi connectivity index (χ3n) is 0.471. The Kier molecular flexibility index (Phi) is 115. The molecule has 0 spiro atoms. The summed E-state index contributed by atoms with van der Waals surface area (Å²) < 4.78 is 6.95. The average Bonchev–Trinajstić information content (AvgIpc) is 1.93. The minimum Gasteiger partial charge on any atom is -0.183 e. The van der Waals surface area contributed by atoms with Gasteiger partial charge in [0.1, 0.15) is 7.24 Å². The monoisotopic (exact) mass is 207 g/mol. The van der Waals surface area contributed by atoms with Crippen molar-refractivity contribution in [3.63, 3.8) is 0 Å². The molecule has 0 aliphatic carbocycles. The summed E-state index contributed by atoms with van der Waals surface area (Å²) in [4.78, 5) is 0. The summed E-state index contributed by atoms with van der Waals surface area (Å²) in [7, 11) is 2.10. The fourth-order valence-electron chi connectivity index (χ4n) is 0.236. The van der Waals surface area contributed by atoms with Gasteiger partial charge in [0.05, 0.1) is 7.28 Å². The molecule has 0 atom stereocenters. The first-order chi connectivity index (χ1) is 5.18. The van der Waals surface area contributed by atoms with Crippen molar-refractivity contribution in [1.82, 2.24) is 0 Å². The first-order valence-corrected chi connectivity index (χ1v) is 4.60. The van der Waals surface area contributed by atoms with Crippen LogP contribution in [0.15, 0.2) is 0 Å². The van der Waals surface area contributed by atoms with Crippen LogP contribution in [0.1, 0.15) is 14.9 Å². The van der Waals surface area contributed by atoms with Crippen molar-refractivity contribution in [3.8, 4) is 0 Å². The predicted molar refractivity (Wildman–Crippen MR) is 77.0 cm³/mol. The molecule has 0 aromatic rings. The summed E-state index contributed by atoms with van der Waals surface area (Å²) in [6, 6.07) is 0. The van der Waals surface area contributed by atoms with Crippen molar-refractivity contribution in [2.75, 3.05) is 6.26 Å². The molecule has 0 saturated carbocycles. The molecule has 0 aromatic heterocycles. The molecule has 73 valence electrons. The van der Waals surface area contributed by atoms with Gasteiger partial charge in [-0.15, -0.1) is 6.22 Å². The summed E-state index contributed by atoms with van der Waals surface area (Å²) in [5.41, 5.74) is 0. The first-order valence-electron chi connectivity index (χ1n) is 3.81. The van der Waals surface area contributed by atoms with Gasteiger partial charge in [-0.1, -0.05) is 28.5 Å². The Bertz CT molecular complexity index is 65.7. The van der Waals surface area contributed by atoms with Gasteiger partial charge in [0.15, 0.2) is 0 Å². The third-order valence-corrected chi connectivity index (χ3v) is 0.471. The van der Waals surface area contributed by atoms with Crippen molar-refractivity contribution >= 4 is 45.4 Å². The maximum absolute atomic E-state index is 6.95. The van der Waals surface area contributed by atoms with Crippen molar-refractivity contribution in [3.05, 3.63) is 0 Å². The van der Waals surface area contributed by atoms with E-state index in [1.807, 2.05) is 27.7 Å². The van der Waals surface area contributed by atoms with Crippen LogP contribution in [0.5, 0.6) is 0 Å². The molecular formula is C7H24B3S2. The van der Waals surface area contributed by atoms with E-state index in [0.29, 0.717) is 0 Å². The Balaban J connectivity index is -0.0000000268. The summed E-state index contributed by atoms with van der Waals surface area (Å²) in [5, 5.41) is 0. The molecule has 0 rings (SSSR count). The number of hydrogen-bond acceptors (Lipinski definition) is 2. The Hall–Kier alpha value is 0.765. The van der Waals surface area contributed by atoms with Gasteiger partial charge in [0.2, 0.25) is 0 Å². The van der Waals surface area contributed by atoms with Gasteiger partial charge in [-0.25, -0.2) is 0 Å². The number of hydrogen-bond donors (Lipinski definition) is 1. The van der Waals surface area contributed by atoms with Crippen LogP contribution in [-0.4, -0.2) is 28.3 Å². The molecule has 0 aliphatic heterocycles. The van der Waals surface area contributed by atoms with Gasteiger partial charge < -0.3 is 0 Å². The Morgan fingerprint density at radius 3 is 1.67 bits per heavy atom. The summed E-state index contributed by atoms with van der Waals surface area (Å²) >= 11 is 7.80. The molecule has 0 unspecified atom stereocenters. The minimum absolute atomic E-state index is 0. The molecular weight excluding hydrogens is 181 g/mol. The zero-order valence-corrected chi connectivity index (χ0v) is 9.01. The summed E-state index contributed by atoms with van der Waals surface area (Å²) in [6.07, 6.45) is 4.19. The molecule has 0 saturated heterocycles. The molecule has 0 aliphatic rings. The second kappa shape index (κ2) is 60.0. The molecule has 0 bridgehead atoms. The van der Waals surface area contributed by atoms with E-state index in [1.54, 1.807) is 12.4 Å². The minimum atomic E-state index is 0. The Morgan fingerprint density at radius 2 is 1.67 bits per heavy atom. The molecule has 1 radical (unpaired) electrons. The van der Waals surface area contributed by atoms with Crippen molar-refractivity contribution in [2.45, 2.75) is 41.5 Å². The van der Waals surface area contributed by atoms with Crippen LogP contribution in [-0.2, 0) is 0 Å². The summed E-state index contributed by atoms with van der Waals surface area (Å²) in [5.74, 6) is 0. The van der Waals surface area contributed by atoms with Crippen LogP contribution in [0, 0.1) is 0 Å². The second-order valence-corrected chi connectivity index (χ2v) is 1.76. The Morgan fingerprint density at radius 1 is 1.42 bits per heavy atom. The fourth-order valence-corrected chi connectivity index (χ4v) is 0.236. The first kappa shape index (κ1) is 23.0. The zero-order valence-electron chi connectivity index (χ0n) is 8.29. The second-order valence-electron chi connectivity index (χ2n) is 1.29. The van der Waals surface area contributed by atoms with Gasteiger partial charge in [0.25, 0.3) is 0 Å². The number of thiol groups is 1. The van der Waals surface area contributed by atoms with Crippen LogP contribution >= 0.6 is 24.7 Å². The molecule has 0 amide bonds. The van der Waals surface area contributed by atoms with E-state index >= 15 is 0 Å². The van der Waals surface area contributed by atoms with Gasteiger partial charge >= 0.3 is 25.0 Å². The van der Waals surface area contributed by atoms with Crippen LogP contribution in [0.4, 0.5) is 0 Å². The standard InChI is InChI=1S/C3H9B2.CH3BS.CH4S.2CH4/c1-4-3-5-2;1-2-3;1-2;;/h4H,3H2,1-2H3;1H3;2H,1H3;2*1H4/i4T;;;;. The van der Waals surface area contributed by atoms with E-state index < -0.39 is 0 Å². The smallest absolute Gasteiger partial charge is 0.109 e. The quantitative estimate of drug-likeness (QED) is 0.535. The van der Waals surface area contributed by atoms with E-state index in [4.69, 9.17) is 1.34 Å². The number of rotatable bonds is 2. The third kappa shape index (κ3) is 134. The SMILES string of the molecule is C.C.CB=S.CS.[3H]B(C)C[B]C. The van der Waals surface area contributed by atoms with Gasteiger partial charge in [-0.05, 0) is 7.59 Å². The molecule has 0 nitrogen and oxygen atoms in total. The molecule has 0 aromatic carbocycles. The van der Waals surface area contributed by atoms with Crippen molar-refractivity contribution in [1.29, 1.82) is 1.34 Å². The zero-order chi connectivity index (χ0) is 9.70. The topological polar surface area (TPSA) is 0 Å². The Labute approximate surface area is 94.7 Å². The predicted octanol–water partition coefficient (Wildman–Crippen LogP) is 3.27. The van der Waals surface area contributed by atoms with Gasteiger partial charge in [-0.3, -0.25) is 0 Å². The van der Waals surface area contributed by atoms with Crippen LogP contribution in [0.3, 0.4) is 0 Å². The molecule has 5 heteroatoms. The van der Waals surface area contributed by atoms with E-state index in [1.165, 1.54) is 0 Å². The van der Waals surface area contributed by atoms with E-state index in [2.05, 4.69) is 24.7 Å². The van der Waals surface area contributed by atoms with E-state index in [-0.39, 0.29) is 22.1 Å². The molecule has 0 fully saturated rings. The van der Waals surface area contributed by atoms with Gasteiger partial charge in [0, 0.05) is 0 Å². The van der Waals surface area contributed by atoms with Crippen molar-refractivity contribution in [2.24, 2.45) is 0 Å². The fraction of sp³-hybridized carbons (Fsp3) is 1.00. The maximum Gasteiger partial charge on any atom is 0.109 e. The normalized spacial score (nSPS) is 5.25.